The van der Waals surface area contributed by atoms with Gasteiger partial charge in [-0.3, -0.25) is 4.79 Å². The maximum Gasteiger partial charge on any atom is 0.461 e. The number of ketones is 1. The maximum absolute atomic E-state index is 14.2. The van der Waals surface area contributed by atoms with Crippen molar-refractivity contribution in [3.05, 3.63) is 0 Å². The van der Waals surface area contributed by atoms with Crippen LogP contribution in [0.15, 0.2) is 0 Å². The summed E-state index contributed by atoms with van der Waals surface area (Å²) in [5, 5.41) is -6.95. The predicted molar refractivity (Wildman–Crippen MR) is 86.4 cm³/mol. The van der Waals surface area contributed by atoms with E-state index in [1.54, 1.807) is 0 Å². The highest BCUT2D eigenvalue weighted by atomic mass is 32.3. The number of alkyl halides is 7. The van der Waals surface area contributed by atoms with Gasteiger partial charge < -0.3 is 0 Å². The van der Waals surface area contributed by atoms with Gasteiger partial charge in [0.2, 0.25) is 13.9 Å². The van der Waals surface area contributed by atoms with Gasteiger partial charge in [-0.25, -0.2) is 16.8 Å². The second kappa shape index (κ2) is 6.54. The number of hydrogen-bond acceptors (Lipinski definition) is 5. The minimum Gasteiger partial charge on any atom is -0.296 e. The van der Waals surface area contributed by atoms with Crippen LogP contribution in [0.3, 0.4) is 0 Å². The molecule has 28 heavy (non-hydrogen) atoms. The normalized spacial score (nSPS) is 17.9. The van der Waals surface area contributed by atoms with Crippen LogP contribution in [0.2, 0.25) is 0 Å². The van der Waals surface area contributed by atoms with Gasteiger partial charge in [-0.2, -0.15) is 30.7 Å². The second-order valence-electron chi connectivity index (χ2n) is 8.23. The number of sulfone groups is 2. The first-order chi connectivity index (χ1) is 11.7. The second-order valence-corrected chi connectivity index (χ2v) is 13.9. The number of Topliss-reactive ketones (excluding diaryl/α,β-unsaturated/α-hetero) is 1. The molecule has 0 aliphatic carbocycles. The first kappa shape index (κ1) is 27.1. The molecule has 0 aromatic heterocycles. The highest BCUT2D eigenvalue weighted by Crippen LogP contribution is 2.54. The zero-order valence-electron chi connectivity index (χ0n) is 16.0. The summed E-state index contributed by atoms with van der Waals surface area (Å²) in [6.07, 6.45) is -7.04. The molecule has 0 aromatic carbocycles. The van der Waals surface area contributed by atoms with E-state index in [2.05, 4.69) is 0 Å². The molecule has 0 aliphatic heterocycles. The van der Waals surface area contributed by atoms with Gasteiger partial charge in [0.05, 0.1) is 4.75 Å². The van der Waals surface area contributed by atoms with Gasteiger partial charge in [0.1, 0.15) is 0 Å². The highest BCUT2D eigenvalue weighted by molar-refractivity contribution is 8.12. The molecule has 0 saturated carbocycles. The van der Waals surface area contributed by atoms with Crippen molar-refractivity contribution in [2.75, 3.05) is 0 Å². The van der Waals surface area contributed by atoms with E-state index in [4.69, 9.17) is 0 Å². The molecule has 0 spiro atoms. The van der Waals surface area contributed by atoms with Crippen LogP contribution in [0, 0.1) is 5.41 Å². The Morgan fingerprint density at radius 3 is 1.18 bits per heavy atom. The average molecular weight is 466 g/mol. The summed E-state index contributed by atoms with van der Waals surface area (Å²) in [6, 6.07) is 0. The molecule has 0 amide bonds. The van der Waals surface area contributed by atoms with E-state index in [0.717, 1.165) is 41.5 Å². The lowest BCUT2D eigenvalue weighted by Crippen LogP contribution is -2.67. The molecular formula is C14H21F7O5S2. The van der Waals surface area contributed by atoms with E-state index >= 15 is 0 Å². The fourth-order valence-corrected chi connectivity index (χ4v) is 7.66. The molecule has 0 rings (SSSR count). The largest absolute Gasteiger partial charge is 0.461 e. The summed E-state index contributed by atoms with van der Waals surface area (Å²) in [7, 11) is -12.9. The molecular weight excluding hydrogens is 445 g/mol. The van der Waals surface area contributed by atoms with Crippen LogP contribution in [0.25, 0.3) is 0 Å². The predicted octanol–water partition coefficient (Wildman–Crippen LogP) is 3.74. The molecule has 5 nitrogen and oxygen atoms in total. The van der Waals surface area contributed by atoms with Crippen molar-refractivity contribution in [1.29, 1.82) is 0 Å². The maximum atomic E-state index is 14.2. The Morgan fingerprint density at radius 2 is 0.964 bits per heavy atom. The monoisotopic (exact) mass is 466 g/mol. The standard InChI is InChI=1S/C14H21F7O5S2/c1-9(2,3)8(22)11(7,27(23,24)10(4,5)6)28(25,26)14(20,21)12(15,16)13(17,18)19/h1-7H3. The minimum atomic E-state index is -7.31. The van der Waals surface area contributed by atoms with Crippen molar-refractivity contribution in [2.45, 2.75) is 74.6 Å². The summed E-state index contributed by atoms with van der Waals surface area (Å²) >= 11 is 0. The van der Waals surface area contributed by atoms with Crippen LogP contribution in [-0.2, 0) is 24.5 Å². The summed E-state index contributed by atoms with van der Waals surface area (Å²) in [5.41, 5.74) is -2.01. The molecule has 0 aliphatic rings. The van der Waals surface area contributed by atoms with E-state index in [1.807, 2.05) is 0 Å². The van der Waals surface area contributed by atoms with Crippen LogP contribution in [0.4, 0.5) is 30.7 Å². The topological polar surface area (TPSA) is 85.3 Å². The smallest absolute Gasteiger partial charge is 0.296 e. The van der Waals surface area contributed by atoms with Gasteiger partial charge in [-0.1, -0.05) is 20.8 Å². The molecule has 0 fully saturated rings. The summed E-state index contributed by atoms with van der Waals surface area (Å²) in [4.78, 5) is 12.6. The highest BCUT2D eigenvalue weighted by Gasteiger charge is 2.83. The molecule has 14 heteroatoms. The van der Waals surface area contributed by atoms with Crippen molar-refractivity contribution < 1.29 is 52.4 Å². The van der Waals surface area contributed by atoms with Crippen LogP contribution >= 0.6 is 0 Å². The van der Waals surface area contributed by atoms with Crippen molar-refractivity contribution in [3.63, 3.8) is 0 Å². The molecule has 1 atom stereocenters. The Labute approximate surface area is 158 Å². The van der Waals surface area contributed by atoms with Gasteiger partial charge in [-0.05, 0) is 27.7 Å². The van der Waals surface area contributed by atoms with Crippen molar-refractivity contribution in [2.24, 2.45) is 5.41 Å². The third-order valence-electron chi connectivity index (χ3n) is 3.98. The van der Waals surface area contributed by atoms with Crippen LogP contribution in [0.1, 0.15) is 48.5 Å². The molecule has 0 N–H and O–H groups in total. The Hall–Kier alpha value is -0.920. The average Bonchev–Trinajstić information content (AvgIpc) is 2.41. The summed E-state index contributed by atoms with van der Waals surface area (Å²) < 4.78 is 136. The number of hydrogen-bond donors (Lipinski definition) is 0. The van der Waals surface area contributed by atoms with Gasteiger partial charge in [0, 0.05) is 5.41 Å². The quantitative estimate of drug-likeness (QED) is 0.577. The fraction of sp³-hybridized carbons (Fsp3) is 0.929. The SMILES string of the molecule is CC(C)(C)C(=O)C(C)(S(=O)(=O)C(C)(C)C)S(=O)(=O)C(F)(F)C(F)(F)C(F)(F)F. The Bertz CT molecular complexity index is 844. The Kier molecular flexibility index (Phi) is 6.33. The number of carbonyl (C=O) groups is 1. The Balaban J connectivity index is 7.49. The first-order valence-electron chi connectivity index (χ1n) is 7.51. The number of halogens is 7. The van der Waals surface area contributed by atoms with Gasteiger partial charge in [-0.15, -0.1) is 0 Å². The number of rotatable bonds is 5. The number of carbonyl (C=O) groups excluding carboxylic acids is 1. The molecule has 0 saturated heterocycles. The third kappa shape index (κ3) is 3.43. The molecule has 0 bridgehead atoms. The van der Waals surface area contributed by atoms with Crippen molar-refractivity contribution in [3.8, 4) is 0 Å². The van der Waals surface area contributed by atoms with E-state index in [0.29, 0.717) is 0 Å². The lowest BCUT2D eigenvalue weighted by molar-refractivity contribution is -0.332. The van der Waals surface area contributed by atoms with E-state index in [9.17, 15) is 52.4 Å². The van der Waals surface area contributed by atoms with Crippen molar-refractivity contribution in [1.82, 2.24) is 0 Å². The third-order valence-corrected chi connectivity index (χ3v) is 10.3. The van der Waals surface area contributed by atoms with Gasteiger partial charge in [0.15, 0.2) is 15.6 Å². The summed E-state index contributed by atoms with van der Waals surface area (Å²) in [6.45, 7) is 4.98. The first-order valence-corrected chi connectivity index (χ1v) is 10.5. The minimum absolute atomic E-state index is 0.0864. The molecule has 0 aromatic rings. The fourth-order valence-electron chi connectivity index (χ4n) is 2.23. The van der Waals surface area contributed by atoms with E-state index in [-0.39, 0.29) is 6.92 Å². The molecule has 0 heterocycles. The lowest BCUT2D eigenvalue weighted by Gasteiger charge is -2.40. The molecule has 0 radical (unpaired) electrons. The van der Waals surface area contributed by atoms with E-state index < -0.39 is 57.1 Å². The molecule has 1 unspecified atom stereocenters. The van der Waals surface area contributed by atoms with Crippen LogP contribution in [-0.4, -0.2) is 48.8 Å². The van der Waals surface area contributed by atoms with Gasteiger partial charge in [0.25, 0.3) is 0 Å². The van der Waals surface area contributed by atoms with E-state index in [1.165, 1.54) is 0 Å². The molecule has 168 valence electrons. The zero-order valence-corrected chi connectivity index (χ0v) is 17.6. The summed E-state index contributed by atoms with van der Waals surface area (Å²) in [5.74, 6) is -9.14. The lowest BCUT2D eigenvalue weighted by atomic mass is 9.89. The van der Waals surface area contributed by atoms with Gasteiger partial charge >= 0.3 is 17.4 Å². The van der Waals surface area contributed by atoms with Crippen molar-refractivity contribution >= 4 is 25.5 Å². The zero-order chi connectivity index (χ0) is 23.6. The van der Waals surface area contributed by atoms with Crippen LogP contribution in [0.5, 0.6) is 0 Å². The Morgan fingerprint density at radius 1 is 0.643 bits per heavy atom. The van der Waals surface area contributed by atoms with Crippen LogP contribution < -0.4 is 0 Å².